The second kappa shape index (κ2) is 8.02. The van der Waals surface area contributed by atoms with E-state index in [4.69, 9.17) is 11.6 Å². The molecular weight excluding hydrogens is 216 g/mol. The minimum Gasteiger partial charge on any atom is -0.0985 e. The molecule has 1 heteroatoms. The molecule has 0 bridgehead atoms. The van der Waals surface area contributed by atoms with E-state index in [9.17, 15) is 0 Å². The van der Waals surface area contributed by atoms with Crippen LogP contribution in [0.5, 0.6) is 0 Å². The first-order valence-corrected chi connectivity index (χ1v) is 6.11. The molecule has 0 aliphatic rings. The smallest absolute Gasteiger partial charge is 0.0406 e. The van der Waals surface area contributed by atoms with Crippen molar-refractivity contribution >= 4 is 17.7 Å². The highest BCUT2D eigenvalue weighted by molar-refractivity contribution is 6.30. The molecule has 0 atom stereocenters. The molecule has 0 heterocycles. The van der Waals surface area contributed by atoms with Gasteiger partial charge in [-0.3, -0.25) is 0 Å². The lowest BCUT2D eigenvalue weighted by atomic mass is 10.2. The third-order valence-electron chi connectivity index (χ3n) is 2.24. The second-order valence-electron chi connectivity index (χ2n) is 3.66. The fourth-order valence-electron chi connectivity index (χ4n) is 1.31. The molecule has 0 amide bonds. The Morgan fingerprint density at radius 1 is 1.19 bits per heavy atom. The number of halogens is 1. The third-order valence-corrected chi connectivity index (χ3v) is 2.49. The van der Waals surface area contributed by atoms with Gasteiger partial charge in [0.25, 0.3) is 0 Å². The third kappa shape index (κ3) is 5.63. The summed E-state index contributed by atoms with van der Waals surface area (Å²) >= 11 is 5.79. The average molecular weight is 233 g/mol. The average Bonchev–Trinajstić information content (AvgIpc) is 2.30. The Morgan fingerprint density at radius 2 is 1.94 bits per heavy atom. The van der Waals surface area contributed by atoms with Crippen molar-refractivity contribution in [1.29, 1.82) is 0 Å². The van der Waals surface area contributed by atoms with Gasteiger partial charge in [-0.05, 0) is 36.3 Å². The molecule has 0 aromatic heterocycles. The van der Waals surface area contributed by atoms with E-state index < -0.39 is 0 Å². The van der Waals surface area contributed by atoms with Gasteiger partial charge in [-0.2, -0.15) is 0 Å². The minimum atomic E-state index is 0.766. The number of benzene rings is 1. The zero-order valence-corrected chi connectivity index (χ0v) is 10.4. The standard InChI is InChI=1S/C15H17Cl/c1-2-3-4-5-6-7-8-9-14-10-12-15(16)13-11-14/h8-13H,2-5H2,1H3/b9-8-. The summed E-state index contributed by atoms with van der Waals surface area (Å²) in [6.07, 6.45) is 8.63. The van der Waals surface area contributed by atoms with Crippen LogP contribution in [0.2, 0.25) is 5.02 Å². The molecule has 0 unspecified atom stereocenters. The molecule has 0 aliphatic heterocycles. The molecule has 0 fully saturated rings. The number of rotatable bonds is 4. The highest BCUT2D eigenvalue weighted by atomic mass is 35.5. The topological polar surface area (TPSA) is 0 Å². The van der Waals surface area contributed by atoms with Gasteiger partial charge in [0.1, 0.15) is 0 Å². The normalized spacial score (nSPS) is 10.1. The fraction of sp³-hybridized carbons (Fsp3) is 0.333. The van der Waals surface area contributed by atoms with Crippen LogP contribution < -0.4 is 0 Å². The molecule has 84 valence electrons. The Bertz CT molecular complexity index is 376. The van der Waals surface area contributed by atoms with Crippen molar-refractivity contribution in [1.82, 2.24) is 0 Å². The Hall–Kier alpha value is -1.19. The maximum absolute atomic E-state index is 5.79. The first-order valence-electron chi connectivity index (χ1n) is 5.73. The number of unbranched alkanes of at least 4 members (excludes halogenated alkanes) is 3. The molecule has 0 saturated heterocycles. The first kappa shape index (κ1) is 12.9. The summed E-state index contributed by atoms with van der Waals surface area (Å²) in [6.45, 7) is 2.20. The summed E-state index contributed by atoms with van der Waals surface area (Å²) in [4.78, 5) is 0. The lowest BCUT2D eigenvalue weighted by Gasteiger charge is -1.91. The molecule has 16 heavy (non-hydrogen) atoms. The van der Waals surface area contributed by atoms with Crippen LogP contribution in [0.3, 0.4) is 0 Å². The molecule has 0 spiro atoms. The molecule has 0 radical (unpaired) electrons. The number of hydrogen-bond acceptors (Lipinski definition) is 0. The quantitative estimate of drug-likeness (QED) is 0.510. The van der Waals surface area contributed by atoms with Crippen molar-refractivity contribution < 1.29 is 0 Å². The van der Waals surface area contributed by atoms with E-state index >= 15 is 0 Å². The van der Waals surface area contributed by atoms with Crippen molar-refractivity contribution in [2.75, 3.05) is 0 Å². The summed E-state index contributed by atoms with van der Waals surface area (Å²) < 4.78 is 0. The van der Waals surface area contributed by atoms with E-state index in [2.05, 4.69) is 18.8 Å². The van der Waals surface area contributed by atoms with Gasteiger partial charge in [0.2, 0.25) is 0 Å². The zero-order valence-electron chi connectivity index (χ0n) is 9.67. The Labute approximate surface area is 103 Å². The van der Waals surface area contributed by atoms with Gasteiger partial charge < -0.3 is 0 Å². The van der Waals surface area contributed by atoms with E-state index in [1.54, 1.807) is 0 Å². The monoisotopic (exact) mass is 232 g/mol. The molecule has 1 aromatic rings. The van der Waals surface area contributed by atoms with Gasteiger partial charge in [-0.1, -0.05) is 55.3 Å². The predicted octanol–water partition coefficient (Wildman–Crippen LogP) is 4.94. The molecule has 1 rings (SSSR count). The largest absolute Gasteiger partial charge is 0.0985 e. The van der Waals surface area contributed by atoms with Crippen LogP contribution in [0.1, 0.15) is 38.2 Å². The van der Waals surface area contributed by atoms with Gasteiger partial charge in [-0.25, -0.2) is 0 Å². The van der Waals surface area contributed by atoms with Crippen LogP contribution in [-0.4, -0.2) is 0 Å². The predicted molar refractivity (Wildman–Crippen MR) is 72.4 cm³/mol. The van der Waals surface area contributed by atoms with Crippen LogP contribution in [0, 0.1) is 11.8 Å². The molecule has 0 N–H and O–H groups in total. The molecule has 0 nitrogen and oxygen atoms in total. The van der Waals surface area contributed by atoms with Gasteiger partial charge in [0.05, 0.1) is 0 Å². The van der Waals surface area contributed by atoms with Crippen LogP contribution >= 0.6 is 11.6 Å². The van der Waals surface area contributed by atoms with Crippen LogP contribution in [0.4, 0.5) is 0 Å². The van der Waals surface area contributed by atoms with Gasteiger partial charge in [-0.15, -0.1) is 0 Å². The SMILES string of the molecule is CCCCCC#C/C=C\c1ccc(Cl)cc1. The first-order chi connectivity index (χ1) is 7.83. The Morgan fingerprint density at radius 3 is 2.62 bits per heavy atom. The summed E-state index contributed by atoms with van der Waals surface area (Å²) in [5.41, 5.74) is 1.13. The Kier molecular flexibility index (Phi) is 6.45. The van der Waals surface area contributed by atoms with Crippen LogP contribution in [0.15, 0.2) is 30.3 Å². The van der Waals surface area contributed by atoms with Crippen molar-refractivity contribution in [2.24, 2.45) is 0 Å². The lowest BCUT2D eigenvalue weighted by molar-refractivity contribution is 0.737. The minimum absolute atomic E-state index is 0.766. The maximum Gasteiger partial charge on any atom is 0.0406 e. The number of allylic oxidation sites excluding steroid dienone is 1. The molecule has 0 saturated carbocycles. The molecule has 0 aliphatic carbocycles. The highest BCUT2D eigenvalue weighted by Gasteiger charge is 1.86. The molecular formula is C15H17Cl. The van der Waals surface area contributed by atoms with Gasteiger partial charge in [0, 0.05) is 11.4 Å². The fourth-order valence-corrected chi connectivity index (χ4v) is 1.43. The molecule has 1 aromatic carbocycles. The number of hydrogen-bond donors (Lipinski definition) is 0. The van der Waals surface area contributed by atoms with Crippen LogP contribution in [-0.2, 0) is 0 Å². The maximum atomic E-state index is 5.79. The van der Waals surface area contributed by atoms with E-state index in [0.29, 0.717) is 0 Å². The zero-order chi connectivity index (χ0) is 11.6. The second-order valence-corrected chi connectivity index (χ2v) is 4.10. The van der Waals surface area contributed by atoms with Crippen molar-refractivity contribution in [2.45, 2.75) is 32.6 Å². The van der Waals surface area contributed by atoms with Gasteiger partial charge in [0.15, 0.2) is 0 Å². The summed E-state index contributed by atoms with van der Waals surface area (Å²) in [6, 6.07) is 7.74. The van der Waals surface area contributed by atoms with Crippen molar-refractivity contribution in [3.05, 3.63) is 40.9 Å². The Balaban J connectivity index is 2.33. The van der Waals surface area contributed by atoms with Gasteiger partial charge >= 0.3 is 0 Å². The van der Waals surface area contributed by atoms with Crippen LogP contribution in [0.25, 0.3) is 6.08 Å². The van der Waals surface area contributed by atoms with Crippen molar-refractivity contribution in [3.63, 3.8) is 0 Å². The van der Waals surface area contributed by atoms with E-state index in [0.717, 1.165) is 17.0 Å². The summed E-state index contributed by atoms with van der Waals surface area (Å²) in [5, 5.41) is 0.766. The highest BCUT2D eigenvalue weighted by Crippen LogP contribution is 2.10. The van der Waals surface area contributed by atoms with E-state index in [1.807, 2.05) is 36.4 Å². The summed E-state index contributed by atoms with van der Waals surface area (Å²) in [5.74, 6) is 6.18. The van der Waals surface area contributed by atoms with E-state index in [-0.39, 0.29) is 0 Å². The van der Waals surface area contributed by atoms with Crippen molar-refractivity contribution in [3.8, 4) is 11.8 Å². The lowest BCUT2D eigenvalue weighted by Crippen LogP contribution is -1.71. The van der Waals surface area contributed by atoms with E-state index in [1.165, 1.54) is 19.3 Å². The summed E-state index contributed by atoms with van der Waals surface area (Å²) in [7, 11) is 0.